The van der Waals surface area contributed by atoms with Crippen molar-refractivity contribution in [3.63, 3.8) is 0 Å². The number of hydrogen-bond acceptors (Lipinski definition) is 9. The zero-order valence-electron chi connectivity index (χ0n) is 18.0. The molecule has 0 saturated carbocycles. The third-order valence-electron chi connectivity index (χ3n) is 4.64. The van der Waals surface area contributed by atoms with E-state index in [1.54, 1.807) is 24.3 Å². The number of aryl methyl sites for hydroxylation is 1. The quantitative estimate of drug-likeness (QED) is 0.268. The zero-order valence-corrected chi connectivity index (χ0v) is 18.0. The van der Waals surface area contributed by atoms with Gasteiger partial charge in [0, 0.05) is 18.6 Å². The van der Waals surface area contributed by atoms with Crippen LogP contribution in [0.2, 0.25) is 0 Å². The summed E-state index contributed by atoms with van der Waals surface area (Å²) in [7, 11) is 1.48. The highest BCUT2D eigenvalue weighted by atomic mass is 16.5. The third kappa shape index (κ3) is 5.15. The highest BCUT2D eigenvalue weighted by Gasteiger charge is 2.14. The molecule has 2 aromatic heterocycles. The Morgan fingerprint density at radius 1 is 1.06 bits per heavy atom. The van der Waals surface area contributed by atoms with Crippen molar-refractivity contribution < 1.29 is 32.7 Å². The van der Waals surface area contributed by atoms with E-state index < -0.39 is 5.97 Å². The molecule has 2 aromatic carbocycles. The van der Waals surface area contributed by atoms with Crippen LogP contribution in [0.1, 0.15) is 19.1 Å². The fourth-order valence-electron chi connectivity index (χ4n) is 3.07. The van der Waals surface area contributed by atoms with Crippen LogP contribution in [0.5, 0.6) is 28.9 Å². The van der Waals surface area contributed by atoms with Gasteiger partial charge in [-0.1, -0.05) is 12.1 Å². The molecule has 0 spiro atoms. The summed E-state index contributed by atoms with van der Waals surface area (Å²) in [5, 5.41) is 3.96. The van der Waals surface area contributed by atoms with E-state index in [2.05, 4.69) is 5.16 Å². The van der Waals surface area contributed by atoms with E-state index in [1.165, 1.54) is 31.6 Å². The van der Waals surface area contributed by atoms with Gasteiger partial charge in [0.1, 0.15) is 23.4 Å². The summed E-state index contributed by atoms with van der Waals surface area (Å²) >= 11 is 0. The molecule has 0 aliphatic rings. The standard InChI is InChI=1S/C24H21NO8/c1-3-29-18-6-4-5-7-19(18)32-21-14-30-20-12-15(8-10-17(20)24(21)27)31-23(26)11-9-16-13-22(28-2)25-33-16/h4-8,10,12-14H,3,9,11H2,1-2H3. The predicted octanol–water partition coefficient (Wildman–Crippen LogP) is 4.52. The van der Waals surface area contributed by atoms with Gasteiger partial charge in [-0.15, -0.1) is 0 Å². The minimum atomic E-state index is -0.473. The van der Waals surface area contributed by atoms with Gasteiger partial charge in [-0.25, -0.2) is 0 Å². The molecule has 0 saturated heterocycles. The monoisotopic (exact) mass is 451 g/mol. The lowest BCUT2D eigenvalue weighted by molar-refractivity contribution is -0.134. The Kier molecular flexibility index (Phi) is 6.58. The second-order valence-corrected chi connectivity index (χ2v) is 6.88. The Hall–Kier alpha value is -4.27. The van der Waals surface area contributed by atoms with Crippen molar-refractivity contribution in [2.45, 2.75) is 19.8 Å². The van der Waals surface area contributed by atoms with E-state index in [-0.39, 0.29) is 34.3 Å². The van der Waals surface area contributed by atoms with Gasteiger partial charge in [-0.05, 0) is 36.3 Å². The van der Waals surface area contributed by atoms with Crippen LogP contribution in [0.4, 0.5) is 0 Å². The molecule has 0 atom stereocenters. The number of methoxy groups -OCH3 is 1. The first kappa shape index (κ1) is 21.9. The average Bonchev–Trinajstić information content (AvgIpc) is 3.29. The largest absolute Gasteiger partial charge is 0.490 e. The Morgan fingerprint density at radius 2 is 1.88 bits per heavy atom. The Balaban J connectivity index is 1.46. The molecule has 0 radical (unpaired) electrons. The molecule has 33 heavy (non-hydrogen) atoms. The van der Waals surface area contributed by atoms with Crippen LogP contribution in [0.3, 0.4) is 0 Å². The topological polar surface area (TPSA) is 110 Å². The summed E-state index contributed by atoms with van der Waals surface area (Å²) in [5.74, 6) is 1.56. The molecule has 2 heterocycles. The van der Waals surface area contributed by atoms with E-state index in [0.717, 1.165) is 0 Å². The normalized spacial score (nSPS) is 10.7. The van der Waals surface area contributed by atoms with Crippen molar-refractivity contribution in [2.75, 3.05) is 13.7 Å². The second kappa shape index (κ2) is 9.90. The molecule has 4 aromatic rings. The maximum absolute atomic E-state index is 12.9. The number of benzene rings is 2. The fraction of sp³-hybridized carbons (Fsp3) is 0.208. The maximum Gasteiger partial charge on any atom is 0.311 e. The van der Waals surface area contributed by atoms with Crippen molar-refractivity contribution in [1.82, 2.24) is 5.16 Å². The van der Waals surface area contributed by atoms with Gasteiger partial charge in [0.2, 0.25) is 11.2 Å². The molecule has 0 unspecified atom stereocenters. The number of aromatic nitrogens is 1. The lowest BCUT2D eigenvalue weighted by Crippen LogP contribution is -2.09. The number of fused-ring (bicyclic) bond motifs is 1. The first-order valence-corrected chi connectivity index (χ1v) is 10.2. The van der Waals surface area contributed by atoms with Crippen molar-refractivity contribution in [1.29, 1.82) is 0 Å². The van der Waals surface area contributed by atoms with E-state index in [9.17, 15) is 9.59 Å². The van der Waals surface area contributed by atoms with Crippen molar-refractivity contribution in [3.05, 3.63) is 70.8 Å². The predicted molar refractivity (Wildman–Crippen MR) is 117 cm³/mol. The van der Waals surface area contributed by atoms with Crippen LogP contribution in [-0.4, -0.2) is 24.8 Å². The van der Waals surface area contributed by atoms with Crippen LogP contribution in [0.15, 0.2) is 68.5 Å². The minimum absolute atomic E-state index is 0.0156. The molecular formula is C24H21NO8. The summed E-state index contributed by atoms with van der Waals surface area (Å²) < 4.78 is 32.2. The molecule has 0 aliphatic carbocycles. The smallest absolute Gasteiger partial charge is 0.311 e. The van der Waals surface area contributed by atoms with Crippen LogP contribution in [-0.2, 0) is 11.2 Å². The first-order valence-electron chi connectivity index (χ1n) is 10.2. The number of rotatable bonds is 9. The number of ether oxygens (including phenoxy) is 4. The minimum Gasteiger partial charge on any atom is -0.490 e. The van der Waals surface area contributed by atoms with Gasteiger partial charge >= 0.3 is 5.97 Å². The van der Waals surface area contributed by atoms with E-state index in [4.69, 9.17) is 27.9 Å². The molecule has 170 valence electrons. The van der Waals surface area contributed by atoms with Crippen LogP contribution >= 0.6 is 0 Å². The van der Waals surface area contributed by atoms with E-state index >= 15 is 0 Å². The second-order valence-electron chi connectivity index (χ2n) is 6.88. The molecule has 0 fully saturated rings. The number of esters is 1. The Bertz CT molecular complexity index is 1320. The van der Waals surface area contributed by atoms with Crippen LogP contribution < -0.4 is 24.4 Å². The molecule has 9 nitrogen and oxygen atoms in total. The highest BCUT2D eigenvalue weighted by molar-refractivity contribution is 5.80. The van der Waals surface area contributed by atoms with E-state index in [0.29, 0.717) is 36.2 Å². The molecule has 0 N–H and O–H groups in total. The molecule has 4 rings (SSSR count). The lowest BCUT2D eigenvalue weighted by Gasteiger charge is -2.11. The number of carbonyl (C=O) groups excluding carboxylic acids is 1. The Labute approximate surface area is 188 Å². The van der Waals surface area contributed by atoms with Crippen molar-refractivity contribution in [2.24, 2.45) is 0 Å². The summed E-state index contributed by atoms with van der Waals surface area (Å²) in [6, 6.07) is 13.2. The summed E-state index contributed by atoms with van der Waals surface area (Å²) in [4.78, 5) is 25.0. The van der Waals surface area contributed by atoms with Gasteiger partial charge in [0.25, 0.3) is 5.88 Å². The number of para-hydroxylation sites is 2. The maximum atomic E-state index is 12.9. The third-order valence-corrected chi connectivity index (χ3v) is 4.64. The summed E-state index contributed by atoms with van der Waals surface area (Å²) in [6.07, 6.45) is 1.60. The highest BCUT2D eigenvalue weighted by Crippen LogP contribution is 2.31. The fourth-order valence-corrected chi connectivity index (χ4v) is 3.07. The van der Waals surface area contributed by atoms with Gasteiger partial charge < -0.3 is 27.9 Å². The van der Waals surface area contributed by atoms with Gasteiger partial charge in [-0.2, -0.15) is 0 Å². The van der Waals surface area contributed by atoms with Gasteiger partial charge in [0.05, 0.1) is 25.5 Å². The van der Waals surface area contributed by atoms with Crippen LogP contribution in [0.25, 0.3) is 11.0 Å². The average molecular weight is 451 g/mol. The number of hydrogen-bond donors (Lipinski definition) is 0. The number of nitrogens with zero attached hydrogens (tertiary/aromatic N) is 1. The van der Waals surface area contributed by atoms with Gasteiger partial charge in [-0.3, -0.25) is 9.59 Å². The molecule has 0 bridgehead atoms. The molecule has 9 heteroatoms. The summed E-state index contributed by atoms with van der Waals surface area (Å²) in [6.45, 7) is 2.32. The first-order chi connectivity index (χ1) is 16.1. The SMILES string of the molecule is CCOc1ccccc1Oc1coc2cc(OC(=O)CCc3cc(OC)no3)ccc2c1=O. The molecular weight excluding hydrogens is 430 g/mol. The van der Waals surface area contributed by atoms with Crippen molar-refractivity contribution in [3.8, 4) is 28.9 Å². The lowest BCUT2D eigenvalue weighted by atomic mass is 10.2. The number of carbonyl (C=O) groups is 1. The Morgan fingerprint density at radius 3 is 2.64 bits per heavy atom. The molecule has 0 amide bonds. The van der Waals surface area contributed by atoms with E-state index in [1.807, 2.05) is 13.0 Å². The summed E-state index contributed by atoms with van der Waals surface area (Å²) in [5.41, 5.74) is -0.101. The van der Waals surface area contributed by atoms with Gasteiger partial charge in [0.15, 0.2) is 11.5 Å². The van der Waals surface area contributed by atoms with Crippen molar-refractivity contribution >= 4 is 16.9 Å². The molecule has 0 aliphatic heterocycles. The zero-order chi connectivity index (χ0) is 23.2. The van der Waals surface area contributed by atoms with Crippen LogP contribution in [0, 0.1) is 0 Å².